The van der Waals surface area contributed by atoms with Crippen molar-refractivity contribution in [2.24, 2.45) is 0 Å². The summed E-state index contributed by atoms with van der Waals surface area (Å²) < 4.78 is 81.4. The fourth-order valence-corrected chi connectivity index (χ4v) is 11.3. The minimum Gasteiger partial charge on any atom is -0.408 e. The summed E-state index contributed by atoms with van der Waals surface area (Å²) in [6, 6.07) is 0. The van der Waals surface area contributed by atoms with Gasteiger partial charge in [0.05, 0.1) is 25.7 Å². The molecule has 4 aromatic rings. The lowest BCUT2D eigenvalue weighted by molar-refractivity contribution is -0.0634. The highest BCUT2D eigenvalue weighted by Gasteiger charge is 2.58. The highest BCUT2D eigenvalue weighted by atomic mass is 31.2. The number of imidazole rings is 1. The van der Waals surface area contributed by atoms with Gasteiger partial charge in [-0.3, -0.25) is 32.4 Å². The zero-order chi connectivity index (χ0) is 44.0. The van der Waals surface area contributed by atoms with Crippen molar-refractivity contribution in [3.8, 4) is 0 Å². The molecule has 10 unspecified atom stereocenters. The fourth-order valence-electron chi connectivity index (χ4n) is 6.76. The molecule has 27 heteroatoms. The summed E-state index contributed by atoms with van der Waals surface area (Å²) in [6.07, 6.45) is -6.12. The molecule has 6 N–H and O–H groups in total. The molecule has 3 saturated heterocycles. The van der Waals surface area contributed by atoms with Crippen LogP contribution in [0.25, 0.3) is 16.8 Å². The number of aromatic nitrogens is 8. The number of aromatic amines is 1. The number of hydrogen-bond donors (Lipinski definition) is 5. The Morgan fingerprint density at radius 1 is 0.883 bits per heavy atom. The first-order valence-corrected chi connectivity index (χ1v) is 28.1. The maximum atomic E-state index is 14.3. The zero-order valence-corrected chi connectivity index (χ0v) is 39.0. The SMILES string of the molecule is CNc1ncnc2c(C3OC4COP(=O)(O)OC5C(O[Si](C)(C)C(C)(C)C)C(COP(=O)(O)OC4C3O[Si](C)(C)C(C)(C)C)OC5n3cnc4c(=O)[nH]c(N)nc43)cnn12. The number of H-pyrrole nitrogens is 1. The monoisotopic (exact) mass is 916 g/mol. The van der Waals surface area contributed by atoms with Gasteiger partial charge in [0, 0.05) is 12.6 Å². The van der Waals surface area contributed by atoms with Gasteiger partial charge in [0.15, 0.2) is 39.7 Å². The first-order chi connectivity index (χ1) is 27.7. The molecule has 60 heavy (non-hydrogen) atoms. The van der Waals surface area contributed by atoms with E-state index in [0.717, 1.165) is 0 Å². The van der Waals surface area contributed by atoms with Gasteiger partial charge in [-0.15, -0.1) is 0 Å². The summed E-state index contributed by atoms with van der Waals surface area (Å²) >= 11 is 0. The third kappa shape index (κ3) is 8.54. The van der Waals surface area contributed by atoms with Crippen molar-refractivity contribution >= 4 is 61.0 Å². The van der Waals surface area contributed by atoms with E-state index in [0.29, 0.717) is 17.2 Å². The third-order valence-electron chi connectivity index (χ3n) is 12.0. The number of phosphoric ester groups is 2. The highest BCUT2D eigenvalue weighted by molar-refractivity contribution is 7.47. The molecule has 3 fully saturated rings. The summed E-state index contributed by atoms with van der Waals surface area (Å²) in [6.45, 7) is 18.6. The van der Waals surface area contributed by atoms with E-state index in [1.165, 1.54) is 27.9 Å². The van der Waals surface area contributed by atoms with Crippen LogP contribution in [0.3, 0.4) is 0 Å². The molecule has 332 valence electrons. The lowest BCUT2D eigenvalue weighted by atomic mass is 10.0. The number of anilines is 2. The number of rotatable bonds is 7. The topological polar surface area (TPSA) is 293 Å². The van der Waals surface area contributed by atoms with E-state index in [2.05, 4.69) is 35.3 Å². The van der Waals surface area contributed by atoms with Gasteiger partial charge in [0.25, 0.3) is 5.56 Å². The van der Waals surface area contributed by atoms with Gasteiger partial charge < -0.3 is 39.2 Å². The quantitative estimate of drug-likeness (QED) is 0.129. The Labute approximate surface area is 347 Å². The van der Waals surface area contributed by atoms with E-state index >= 15 is 0 Å². The van der Waals surface area contributed by atoms with Crippen molar-refractivity contribution in [2.45, 2.75) is 127 Å². The van der Waals surface area contributed by atoms with E-state index < -0.39 is 105 Å². The largest absolute Gasteiger partial charge is 0.472 e. The van der Waals surface area contributed by atoms with Crippen LogP contribution in [-0.2, 0) is 45.6 Å². The van der Waals surface area contributed by atoms with Gasteiger partial charge in [-0.1, -0.05) is 41.5 Å². The standard InChI is InChI=1S/C33H54N10O13P2Si2/c1-32(2,3)59(8,9)55-23-19-14-50-57(45,46)53-22-18(13-49-58(47,48)54-25(23)29(52-19)42-16-38-20-27(42)40-30(34)41-28(20)44)51-21(24(22)56-60(10,11)33(4,5)6)17-12-39-43-26(17)36-15-37-31(43)35-7/h12,15-16,18-19,21-25,29H,13-14H2,1-11H3,(H,45,46)(H,47,48)(H,35,36,37)(H3,34,40,41,44). The summed E-state index contributed by atoms with van der Waals surface area (Å²) in [5.74, 6) is 0.148. The number of hydrogen-bond acceptors (Lipinski definition) is 18. The second kappa shape index (κ2) is 15.7. The average Bonchev–Trinajstić information content (AvgIpc) is 3.89. The molecule has 23 nitrogen and oxygen atoms in total. The Bertz CT molecular complexity index is 2400. The summed E-state index contributed by atoms with van der Waals surface area (Å²) in [4.78, 5) is 55.3. The lowest BCUT2D eigenvalue weighted by Gasteiger charge is -2.40. The number of nitrogens with two attached hydrogens (primary N) is 1. The van der Waals surface area contributed by atoms with Crippen molar-refractivity contribution < 1.29 is 55.3 Å². The minimum atomic E-state index is -5.14. The number of phosphoric acid groups is 2. The molecule has 4 aromatic heterocycles. The van der Waals surface area contributed by atoms with Crippen molar-refractivity contribution in [1.29, 1.82) is 0 Å². The molecule has 10 atom stereocenters. The minimum absolute atomic E-state index is 0.0331. The summed E-state index contributed by atoms with van der Waals surface area (Å²) in [5, 5.41) is 6.66. The molecular formula is C33H54N10O13P2Si2. The predicted molar refractivity (Wildman–Crippen MR) is 220 cm³/mol. The molecule has 7 rings (SSSR count). The zero-order valence-electron chi connectivity index (χ0n) is 35.3. The molecule has 3 aliphatic rings. The normalized spacial score (nSPS) is 32.4. The number of nitrogen functional groups attached to an aromatic ring is 1. The van der Waals surface area contributed by atoms with Crippen molar-refractivity contribution in [3.05, 3.63) is 34.8 Å². The molecule has 3 aliphatic heterocycles. The third-order valence-corrected chi connectivity index (χ3v) is 22.9. The second-order valence-electron chi connectivity index (χ2n) is 18.1. The lowest BCUT2D eigenvalue weighted by Crippen LogP contribution is -2.50. The number of fused-ring (bicyclic) bond motifs is 5. The van der Waals surface area contributed by atoms with Crippen LogP contribution in [-0.4, -0.2) is 122 Å². The van der Waals surface area contributed by atoms with E-state index in [9.17, 15) is 23.7 Å². The first kappa shape index (κ1) is 45.0. The molecule has 0 saturated carbocycles. The van der Waals surface area contributed by atoms with Crippen LogP contribution in [0.2, 0.25) is 36.3 Å². The van der Waals surface area contributed by atoms with Crippen LogP contribution >= 0.6 is 15.6 Å². The van der Waals surface area contributed by atoms with Gasteiger partial charge in [-0.05, 0) is 36.3 Å². The summed E-state index contributed by atoms with van der Waals surface area (Å²) in [5.41, 5.74) is 5.88. The molecule has 0 radical (unpaired) electrons. The van der Waals surface area contributed by atoms with E-state index in [4.69, 9.17) is 42.2 Å². The van der Waals surface area contributed by atoms with Crippen LogP contribution < -0.4 is 16.6 Å². The Morgan fingerprint density at radius 2 is 1.48 bits per heavy atom. The van der Waals surface area contributed by atoms with E-state index in [1.807, 2.05) is 67.7 Å². The van der Waals surface area contributed by atoms with Crippen LogP contribution in [0.15, 0.2) is 23.6 Å². The van der Waals surface area contributed by atoms with Crippen molar-refractivity contribution in [1.82, 2.24) is 39.1 Å². The maximum Gasteiger partial charge on any atom is 0.472 e. The molecule has 0 spiro atoms. The Balaban J connectivity index is 1.31. The van der Waals surface area contributed by atoms with Crippen molar-refractivity contribution in [3.63, 3.8) is 0 Å². The van der Waals surface area contributed by atoms with Gasteiger partial charge >= 0.3 is 15.6 Å². The van der Waals surface area contributed by atoms with Gasteiger partial charge in [-0.25, -0.2) is 24.1 Å². The highest BCUT2D eigenvalue weighted by Crippen LogP contribution is 2.56. The van der Waals surface area contributed by atoms with Crippen LogP contribution in [0.4, 0.5) is 11.9 Å². The van der Waals surface area contributed by atoms with E-state index in [-0.39, 0.29) is 22.2 Å². The van der Waals surface area contributed by atoms with Crippen LogP contribution in [0.5, 0.6) is 0 Å². The molecule has 7 heterocycles. The molecule has 2 bridgehead atoms. The molecule has 0 aliphatic carbocycles. The average molecular weight is 917 g/mol. The molecular weight excluding hydrogens is 863 g/mol. The number of nitrogens with one attached hydrogen (secondary N) is 2. The number of nitrogens with zero attached hydrogens (tertiary/aromatic N) is 7. The van der Waals surface area contributed by atoms with Crippen molar-refractivity contribution in [2.75, 3.05) is 31.3 Å². The first-order valence-electron chi connectivity index (χ1n) is 19.3. The Hall–Kier alpha value is -3.01. The fraction of sp³-hybridized carbons (Fsp3) is 0.697. The van der Waals surface area contributed by atoms with E-state index in [1.54, 1.807) is 7.05 Å². The Kier molecular flexibility index (Phi) is 11.8. The van der Waals surface area contributed by atoms with Gasteiger partial charge in [0.2, 0.25) is 11.9 Å². The molecule has 0 aromatic carbocycles. The van der Waals surface area contributed by atoms with Crippen LogP contribution in [0, 0.1) is 0 Å². The maximum absolute atomic E-state index is 14.3. The van der Waals surface area contributed by atoms with Gasteiger partial charge in [-0.2, -0.15) is 14.6 Å². The predicted octanol–water partition coefficient (Wildman–Crippen LogP) is 4.02. The Morgan fingerprint density at radius 3 is 2.10 bits per heavy atom. The summed E-state index contributed by atoms with van der Waals surface area (Å²) in [7, 11) is -14.1. The molecule has 0 amide bonds. The number of ether oxygens (including phenoxy) is 2. The van der Waals surface area contributed by atoms with Crippen LogP contribution in [0.1, 0.15) is 59.4 Å². The smallest absolute Gasteiger partial charge is 0.408 e. The second-order valence-corrected chi connectivity index (χ2v) is 30.4. The van der Waals surface area contributed by atoms with Gasteiger partial charge in [0.1, 0.15) is 49.1 Å².